The molecule has 0 spiro atoms. The maximum Gasteiger partial charge on any atom is 0.0467 e. The van der Waals surface area contributed by atoms with E-state index in [-0.39, 0.29) is 0 Å². The summed E-state index contributed by atoms with van der Waals surface area (Å²) in [6, 6.07) is 8.93. The maximum atomic E-state index is 4.07. The van der Waals surface area contributed by atoms with Crippen LogP contribution in [0.3, 0.4) is 0 Å². The molecule has 0 saturated heterocycles. The van der Waals surface area contributed by atoms with Crippen LogP contribution in [-0.2, 0) is 6.42 Å². The van der Waals surface area contributed by atoms with Crippen LogP contribution in [0.5, 0.6) is 0 Å². The largest absolute Gasteiger partial charge is 0.383 e. The number of allylic oxidation sites excluding steroid dienone is 2. The Hall–Kier alpha value is -2.02. The van der Waals surface area contributed by atoms with Gasteiger partial charge in [0.2, 0.25) is 0 Å². The van der Waals surface area contributed by atoms with Crippen LogP contribution in [0.1, 0.15) is 191 Å². The molecule has 1 fully saturated rings. The van der Waals surface area contributed by atoms with E-state index in [0.29, 0.717) is 6.04 Å². The van der Waals surface area contributed by atoms with E-state index < -0.39 is 0 Å². The van der Waals surface area contributed by atoms with Gasteiger partial charge in [0.15, 0.2) is 0 Å². The van der Waals surface area contributed by atoms with Crippen LogP contribution in [0.15, 0.2) is 74.0 Å². The Bertz CT molecular complexity index is 774. The van der Waals surface area contributed by atoms with Crippen molar-refractivity contribution in [2.75, 3.05) is 0 Å². The Morgan fingerprint density at radius 3 is 1.55 bits per heavy atom. The smallest absolute Gasteiger partial charge is 0.0467 e. The molecule has 0 heterocycles. The van der Waals surface area contributed by atoms with Crippen LogP contribution >= 0.6 is 0 Å². The van der Waals surface area contributed by atoms with E-state index in [4.69, 9.17) is 0 Å². The normalized spacial score (nSPS) is 12.0. The Balaban J connectivity index is -0.000000161. The quantitative estimate of drug-likeness (QED) is 0.155. The van der Waals surface area contributed by atoms with Crippen molar-refractivity contribution in [2.45, 2.75) is 199 Å². The zero-order valence-electron chi connectivity index (χ0n) is 34.9. The second kappa shape index (κ2) is 44.0. The van der Waals surface area contributed by atoms with Crippen molar-refractivity contribution in [3.63, 3.8) is 0 Å². The zero-order chi connectivity index (χ0) is 37.5. The fraction of sp³-hybridized carbons (Fsp3) is 0.696. The number of unbranched alkanes of at least 4 members (excludes halogenated alkanes) is 5. The lowest BCUT2D eigenvalue weighted by Crippen LogP contribution is -2.31. The molecule has 0 amide bonds. The summed E-state index contributed by atoms with van der Waals surface area (Å²) in [6.07, 6.45) is 21.6. The lowest BCUT2D eigenvalue weighted by molar-refractivity contribution is 0.317. The first kappa shape index (κ1) is 54.4. The van der Waals surface area contributed by atoms with E-state index in [9.17, 15) is 0 Å². The van der Waals surface area contributed by atoms with Gasteiger partial charge in [-0.2, -0.15) is 0 Å². The zero-order valence-corrected chi connectivity index (χ0v) is 34.9. The predicted molar refractivity (Wildman–Crippen MR) is 225 cm³/mol. The number of aryl methyl sites for hydroxylation is 2. The molecule has 1 aromatic carbocycles. The minimum atomic E-state index is 0.436. The maximum absolute atomic E-state index is 4.07. The van der Waals surface area contributed by atoms with Crippen molar-refractivity contribution >= 4 is 0 Å². The number of nitrogens with one attached hydrogen (secondary N) is 1. The topological polar surface area (TPSA) is 12.0 Å². The molecule has 0 radical (unpaired) electrons. The molecule has 1 atom stereocenters. The SMILES string of the molecule is C=C.C=C(C)CCC(C)C.C=C(C)N[C@@H](CC1CCCCC1)C(=C)C.CC.CCCC.CCCCCCC.CCc1ccccc1C. The minimum absolute atomic E-state index is 0.436. The van der Waals surface area contributed by atoms with E-state index in [1.807, 2.05) is 20.8 Å². The molecule has 278 valence electrons. The Morgan fingerprint density at radius 1 is 0.766 bits per heavy atom. The third kappa shape index (κ3) is 46.2. The first-order valence-corrected chi connectivity index (χ1v) is 19.7. The number of rotatable bonds is 14. The lowest BCUT2D eigenvalue weighted by atomic mass is 9.83. The van der Waals surface area contributed by atoms with E-state index in [2.05, 4.69) is 132 Å². The summed E-state index contributed by atoms with van der Waals surface area (Å²) < 4.78 is 0. The highest BCUT2D eigenvalue weighted by Gasteiger charge is 2.19. The molecular formula is C46H89N. The molecule has 47 heavy (non-hydrogen) atoms. The second-order valence-corrected chi connectivity index (χ2v) is 13.3. The van der Waals surface area contributed by atoms with Gasteiger partial charge in [0.1, 0.15) is 0 Å². The summed E-state index contributed by atoms with van der Waals surface area (Å²) in [5.74, 6) is 1.72. The average molecular weight is 656 g/mol. The summed E-state index contributed by atoms with van der Waals surface area (Å²) in [5.41, 5.74) is 6.46. The molecule has 1 saturated carbocycles. The lowest BCUT2D eigenvalue weighted by Gasteiger charge is -2.28. The summed E-state index contributed by atoms with van der Waals surface area (Å²) in [4.78, 5) is 0. The Kier molecular flexibility index (Phi) is 50.9. The van der Waals surface area contributed by atoms with Crippen molar-refractivity contribution in [3.05, 3.63) is 85.1 Å². The van der Waals surface area contributed by atoms with Crippen molar-refractivity contribution in [3.8, 4) is 0 Å². The van der Waals surface area contributed by atoms with Crippen molar-refractivity contribution in [1.82, 2.24) is 5.32 Å². The van der Waals surface area contributed by atoms with Gasteiger partial charge in [-0.1, -0.05) is 188 Å². The van der Waals surface area contributed by atoms with Crippen LogP contribution < -0.4 is 5.32 Å². The van der Waals surface area contributed by atoms with Gasteiger partial charge in [-0.3, -0.25) is 0 Å². The fourth-order valence-corrected chi connectivity index (χ4v) is 4.66. The van der Waals surface area contributed by atoms with E-state index >= 15 is 0 Å². The summed E-state index contributed by atoms with van der Waals surface area (Å²) >= 11 is 0. The van der Waals surface area contributed by atoms with Gasteiger partial charge in [0.25, 0.3) is 0 Å². The van der Waals surface area contributed by atoms with Crippen LogP contribution in [0.2, 0.25) is 0 Å². The molecule has 0 bridgehead atoms. The molecule has 1 N–H and O–H groups in total. The summed E-state index contributed by atoms with van der Waals surface area (Å²) in [5, 5.41) is 3.43. The monoisotopic (exact) mass is 656 g/mol. The average Bonchev–Trinajstić information content (AvgIpc) is 3.07. The van der Waals surface area contributed by atoms with Crippen molar-refractivity contribution in [2.24, 2.45) is 11.8 Å². The third-order valence-electron chi connectivity index (χ3n) is 7.81. The standard InChI is InChI=1S/C14H25N.C9H12.C8H16.C7H16.C4H10.C2H6.C2H4/c1-11(2)14(15-12(3)4)10-13-8-6-5-7-9-13;1-3-9-7-5-4-6-8(9)2;1-7(2)5-6-8(3)4;1-3-5-7-6-4-2;1-3-4-2;2*1-2/h13-15H,1,3,5-10H2,2,4H3;4-7H,3H2,1-2H3;8H,1,5-6H2,2-4H3;3-7H2,1-2H3;3-4H2,1-2H3;1-2H3;1-2H2/t14-;;;;;;/m0....../s1. The van der Waals surface area contributed by atoms with Crippen LogP contribution in [0.25, 0.3) is 0 Å². The van der Waals surface area contributed by atoms with Gasteiger partial charge in [-0.25, -0.2) is 0 Å². The van der Waals surface area contributed by atoms with Crippen molar-refractivity contribution < 1.29 is 0 Å². The molecule has 0 aliphatic heterocycles. The van der Waals surface area contributed by atoms with Gasteiger partial charge in [0.05, 0.1) is 0 Å². The number of hydrogen-bond acceptors (Lipinski definition) is 1. The van der Waals surface area contributed by atoms with Gasteiger partial charge < -0.3 is 5.32 Å². The highest BCUT2D eigenvalue weighted by atomic mass is 14.9. The number of benzene rings is 1. The third-order valence-corrected chi connectivity index (χ3v) is 7.81. The fourth-order valence-electron chi connectivity index (χ4n) is 4.66. The van der Waals surface area contributed by atoms with Gasteiger partial charge in [-0.05, 0) is 76.3 Å². The molecular weight excluding hydrogens is 567 g/mol. The highest BCUT2D eigenvalue weighted by Crippen LogP contribution is 2.28. The summed E-state index contributed by atoms with van der Waals surface area (Å²) in [6.45, 7) is 45.7. The van der Waals surface area contributed by atoms with E-state index in [1.165, 1.54) is 119 Å². The first-order chi connectivity index (χ1) is 22.4. The molecule has 1 heteroatoms. The van der Waals surface area contributed by atoms with Crippen LogP contribution in [0.4, 0.5) is 0 Å². The molecule has 1 nitrogen and oxygen atoms in total. The van der Waals surface area contributed by atoms with E-state index in [0.717, 1.165) is 24.0 Å². The van der Waals surface area contributed by atoms with Crippen LogP contribution in [-0.4, -0.2) is 6.04 Å². The molecule has 2 rings (SSSR count). The second-order valence-electron chi connectivity index (χ2n) is 13.3. The summed E-state index contributed by atoms with van der Waals surface area (Å²) in [7, 11) is 0. The molecule has 1 aromatic rings. The van der Waals surface area contributed by atoms with Gasteiger partial charge in [-0.15, -0.1) is 19.7 Å². The van der Waals surface area contributed by atoms with Gasteiger partial charge in [0, 0.05) is 11.7 Å². The molecule has 0 aromatic heterocycles. The first-order valence-electron chi connectivity index (χ1n) is 19.7. The van der Waals surface area contributed by atoms with Crippen molar-refractivity contribution in [1.29, 1.82) is 0 Å². The highest BCUT2D eigenvalue weighted by molar-refractivity contribution is 5.25. The minimum Gasteiger partial charge on any atom is -0.383 e. The molecule has 0 unspecified atom stereocenters. The molecule has 1 aliphatic rings. The number of hydrogen-bond donors (Lipinski definition) is 1. The Labute approximate surface area is 300 Å². The molecule has 1 aliphatic carbocycles. The predicted octanol–water partition coefficient (Wildman–Crippen LogP) is 16.2. The van der Waals surface area contributed by atoms with E-state index in [1.54, 1.807) is 0 Å². The van der Waals surface area contributed by atoms with Crippen LogP contribution in [0, 0.1) is 18.8 Å². The van der Waals surface area contributed by atoms with Gasteiger partial charge >= 0.3 is 0 Å². The Morgan fingerprint density at radius 2 is 1.26 bits per heavy atom.